The van der Waals surface area contributed by atoms with Crippen LogP contribution in [0.1, 0.15) is 38.1 Å². The Morgan fingerprint density at radius 3 is 2.93 bits per heavy atom. The number of nitrogens with two attached hydrogens (primary N) is 1. The SMILES string of the molecule is CC(NC1CCC(N)C1)c1nncn1C. The Labute approximate surface area is 90.1 Å². The van der Waals surface area contributed by atoms with E-state index in [0.717, 1.165) is 18.7 Å². The van der Waals surface area contributed by atoms with Crippen molar-refractivity contribution in [2.75, 3.05) is 0 Å². The van der Waals surface area contributed by atoms with Gasteiger partial charge >= 0.3 is 0 Å². The number of rotatable bonds is 3. The molecule has 0 aliphatic heterocycles. The number of nitrogens with one attached hydrogen (secondary N) is 1. The van der Waals surface area contributed by atoms with E-state index in [-0.39, 0.29) is 6.04 Å². The molecule has 1 aliphatic carbocycles. The smallest absolute Gasteiger partial charge is 0.149 e. The number of aromatic nitrogens is 3. The molecule has 1 aromatic rings. The summed E-state index contributed by atoms with van der Waals surface area (Å²) in [6.45, 7) is 2.12. The van der Waals surface area contributed by atoms with E-state index in [1.807, 2.05) is 11.6 Å². The predicted octanol–water partition coefficient (Wildman–Crippen LogP) is 0.345. The van der Waals surface area contributed by atoms with E-state index in [0.29, 0.717) is 12.1 Å². The first-order valence-corrected chi connectivity index (χ1v) is 5.52. The average Bonchev–Trinajstić information content (AvgIpc) is 2.75. The van der Waals surface area contributed by atoms with Gasteiger partial charge in [0.05, 0.1) is 6.04 Å². The van der Waals surface area contributed by atoms with Gasteiger partial charge in [0.15, 0.2) is 0 Å². The maximum atomic E-state index is 5.88. The van der Waals surface area contributed by atoms with Crippen LogP contribution in [0.2, 0.25) is 0 Å². The van der Waals surface area contributed by atoms with Gasteiger partial charge in [-0.25, -0.2) is 0 Å². The van der Waals surface area contributed by atoms with Gasteiger partial charge in [0, 0.05) is 19.1 Å². The fourth-order valence-corrected chi connectivity index (χ4v) is 2.28. The molecule has 5 nitrogen and oxygen atoms in total. The Morgan fingerprint density at radius 2 is 2.40 bits per heavy atom. The minimum absolute atomic E-state index is 0.243. The van der Waals surface area contributed by atoms with Crippen LogP contribution in [0.15, 0.2) is 6.33 Å². The van der Waals surface area contributed by atoms with E-state index < -0.39 is 0 Å². The Hall–Kier alpha value is -0.940. The van der Waals surface area contributed by atoms with Crippen molar-refractivity contribution in [1.29, 1.82) is 0 Å². The first kappa shape index (κ1) is 10.6. The lowest BCUT2D eigenvalue weighted by Gasteiger charge is -2.18. The lowest BCUT2D eigenvalue weighted by atomic mass is 10.2. The van der Waals surface area contributed by atoms with Gasteiger partial charge in [0.2, 0.25) is 0 Å². The summed E-state index contributed by atoms with van der Waals surface area (Å²) in [7, 11) is 1.97. The molecule has 0 radical (unpaired) electrons. The Morgan fingerprint density at radius 1 is 1.60 bits per heavy atom. The Balaban J connectivity index is 1.92. The zero-order valence-electron chi connectivity index (χ0n) is 9.35. The molecular formula is C10H19N5. The lowest BCUT2D eigenvalue weighted by molar-refractivity contribution is 0.436. The van der Waals surface area contributed by atoms with Crippen LogP contribution in [0.4, 0.5) is 0 Å². The second kappa shape index (κ2) is 4.28. The molecule has 0 spiro atoms. The van der Waals surface area contributed by atoms with Crippen LogP contribution >= 0.6 is 0 Å². The summed E-state index contributed by atoms with van der Waals surface area (Å²) >= 11 is 0. The molecule has 5 heteroatoms. The monoisotopic (exact) mass is 209 g/mol. The molecule has 1 aliphatic rings. The van der Waals surface area contributed by atoms with Crippen molar-refractivity contribution in [2.24, 2.45) is 12.8 Å². The maximum absolute atomic E-state index is 5.88. The first-order chi connectivity index (χ1) is 7.16. The van der Waals surface area contributed by atoms with E-state index in [2.05, 4.69) is 22.4 Å². The molecule has 0 saturated heterocycles. The molecule has 2 rings (SSSR count). The van der Waals surface area contributed by atoms with Crippen LogP contribution in [0.5, 0.6) is 0 Å². The predicted molar refractivity (Wildman–Crippen MR) is 58.2 cm³/mol. The molecule has 3 atom stereocenters. The summed E-state index contributed by atoms with van der Waals surface area (Å²) < 4.78 is 1.95. The normalized spacial score (nSPS) is 28.2. The third-order valence-electron chi connectivity index (χ3n) is 3.09. The van der Waals surface area contributed by atoms with Gasteiger partial charge in [-0.05, 0) is 26.2 Å². The molecule has 0 amide bonds. The van der Waals surface area contributed by atoms with E-state index in [1.165, 1.54) is 6.42 Å². The topological polar surface area (TPSA) is 68.8 Å². The first-order valence-electron chi connectivity index (χ1n) is 5.52. The van der Waals surface area contributed by atoms with E-state index in [1.54, 1.807) is 6.33 Å². The quantitative estimate of drug-likeness (QED) is 0.753. The maximum Gasteiger partial charge on any atom is 0.149 e. The van der Waals surface area contributed by atoms with E-state index in [9.17, 15) is 0 Å². The van der Waals surface area contributed by atoms with Crippen LogP contribution < -0.4 is 11.1 Å². The zero-order chi connectivity index (χ0) is 10.8. The van der Waals surface area contributed by atoms with Crippen LogP contribution in [0.3, 0.4) is 0 Å². The van der Waals surface area contributed by atoms with Crippen LogP contribution in [-0.4, -0.2) is 26.8 Å². The van der Waals surface area contributed by atoms with Gasteiger partial charge in [-0.3, -0.25) is 0 Å². The van der Waals surface area contributed by atoms with Gasteiger partial charge in [0.25, 0.3) is 0 Å². The Kier molecular flexibility index (Phi) is 3.02. The fourth-order valence-electron chi connectivity index (χ4n) is 2.28. The highest BCUT2D eigenvalue weighted by Gasteiger charge is 2.24. The van der Waals surface area contributed by atoms with Gasteiger partial charge in [-0.1, -0.05) is 0 Å². The molecule has 3 N–H and O–H groups in total. The molecule has 1 heterocycles. The van der Waals surface area contributed by atoms with Gasteiger partial charge in [-0.2, -0.15) is 0 Å². The minimum atomic E-state index is 0.243. The van der Waals surface area contributed by atoms with E-state index in [4.69, 9.17) is 5.73 Å². The third kappa shape index (κ3) is 2.35. The standard InChI is InChI=1S/C10H19N5/c1-7(10-14-12-6-15(10)2)13-9-4-3-8(11)5-9/h6-9,13H,3-5,11H2,1-2H3. The largest absolute Gasteiger partial charge is 0.328 e. The third-order valence-corrected chi connectivity index (χ3v) is 3.09. The molecule has 0 aromatic carbocycles. The summed E-state index contributed by atoms with van der Waals surface area (Å²) in [4.78, 5) is 0. The molecule has 15 heavy (non-hydrogen) atoms. The number of nitrogens with zero attached hydrogens (tertiary/aromatic N) is 3. The lowest BCUT2D eigenvalue weighted by Crippen LogP contribution is -2.32. The minimum Gasteiger partial charge on any atom is -0.328 e. The van der Waals surface area contributed by atoms with Crippen molar-refractivity contribution in [2.45, 2.75) is 44.3 Å². The number of hydrogen-bond donors (Lipinski definition) is 2. The van der Waals surface area contributed by atoms with Crippen LogP contribution in [0.25, 0.3) is 0 Å². The fraction of sp³-hybridized carbons (Fsp3) is 0.800. The summed E-state index contributed by atoms with van der Waals surface area (Å²) in [5.41, 5.74) is 5.88. The number of hydrogen-bond acceptors (Lipinski definition) is 4. The molecule has 84 valence electrons. The zero-order valence-corrected chi connectivity index (χ0v) is 9.35. The van der Waals surface area contributed by atoms with Crippen molar-refractivity contribution in [3.63, 3.8) is 0 Å². The van der Waals surface area contributed by atoms with Crippen molar-refractivity contribution >= 4 is 0 Å². The van der Waals surface area contributed by atoms with Gasteiger partial charge in [-0.15, -0.1) is 10.2 Å². The second-order valence-corrected chi connectivity index (χ2v) is 4.46. The van der Waals surface area contributed by atoms with Crippen LogP contribution in [0, 0.1) is 0 Å². The highest BCUT2D eigenvalue weighted by atomic mass is 15.3. The highest BCUT2D eigenvalue weighted by Crippen LogP contribution is 2.20. The Bertz CT molecular complexity index is 321. The average molecular weight is 209 g/mol. The van der Waals surface area contributed by atoms with Crippen molar-refractivity contribution < 1.29 is 0 Å². The van der Waals surface area contributed by atoms with Crippen LogP contribution in [-0.2, 0) is 7.05 Å². The van der Waals surface area contributed by atoms with E-state index >= 15 is 0 Å². The summed E-state index contributed by atoms with van der Waals surface area (Å²) in [6, 6.07) is 1.15. The molecule has 1 fully saturated rings. The summed E-state index contributed by atoms with van der Waals surface area (Å²) in [6.07, 6.45) is 5.10. The van der Waals surface area contributed by atoms with Gasteiger partial charge in [0.1, 0.15) is 12.2 Å². The second-order valence-electron chi connectivity index (χ2n) is 4.46. The van der Waals surface area contributed by atoms with Crippen molar-refractivity contribution in [3.05, 3.63) is 12.2 Å². The highest BCUT2D eigenvalue weighted by molar-refractivity contribution is 4.95. The molecule has 1 aromatic heterocycles. The summed E-state index contributed by atoms with van der Waals surface area (Å²) in [5, 5.41) is 11.5. The number of aryl methyl sites for hydroxylation is 1. The van der Waals surface area contributed by atoms with Crippen molar-refractivity contribution in [3.8, 4) is 0 Å². The van der Waals surface area contributed by atoms with Crippen molar-refractivity contribution in [1.82, 2.24) is 20.1 Å². The summed E-state index contributed by atoms with van der Waals surface area (Å²) in [5.74, 6) is 0.982. The molecule has 1 saturated carbocycles. The van der Waals surface area contributed by atoms with Gasteiger partial charge < -0.3 is 15.6 Å². The molecular weight excluding hydrogens is 190 g/mol. The molecule has 3 unspecified atom stereocenters. The molecule has 0 bridgehead atoms.